The first-order valence-corrected chi connectivity index (χ1v) is 6.63. The Morgan fingerprint density at radius 3 is 3.00 bits per heavy atom. The monoisotopic (exact) mass is 302 g/mol. The zero-order chi connectivity index (χ0) is 14.1. The third kappa shape index (κ3) is 2.11. The number of halogens is 1. The second-order valence-corrected chi connectivity index (χ2v) is 4.89. The van der Waals surface area contributed by atoms with Crippen LogP contribution in [0.2, 0.25) is 5.02 Å². The SMILES string of the molecule is N#Cc1cc(N)cnc1Nc1c(Cl)ccc2nsnc12. The normalized spacial score (nSPS) is 10.4. The molecule has 0 unspecified atom stereocenters. The smallest absolute Gasteiger partial charge is 0.148 e. The Bertz CT molecular complexity index is 838. The molecule has 0 aliphatic rings. The third-order valence-electron chi connectivity index (χ3n) is 2.65. The number of nitrogens with one attached hydrogen (secondary N) is 1. The number of rotatable bonds is 2. The maximum Gasteiger partial charge on any atom is 0.148 e. The number of nitriles is 1. The summed E-state index contributed by atoms with van der Waals surface area (Å²) in [4.78, 5) is 4.11. The van der Waals surface area contributed by atoms with Crippen LogP contribution in [0.15, 0.2) is 24.4 Å². The molecule has 0 saturated carbocycles. The summed E-state index contributed by atoms with van der Waals surface area (Å²) in [7, 11) is 0. The highest BCUT2D eigenvalue weighted by Gasteiger charge is 2.13. The molecule has 6 nitrogen and oxygen atoms in total. The van der Waals surface area contributed by atoms with Crippen LogP contribution in [-0.4, -0.2) is 13.7 Å². The topological polar surface area (TPSA) is 101 Å². The van der Waals surface area contributed by atoms with Crippen LogP contribution >= 0.6 is 23.3 Å². The van der Waals surface area contributed by atoms with E-state index in [1.54, 1.807) is 18.2 Å². The van der Waals surface area contributed by atoms with E-state index in [4.69, 9.17) is 22.6 Å². The minimum atomic E-state index is 0.334. The van der Waals surface area contributed by atoms with Crippen molar-refractivity contribution in [2.75, 3.05) is 11.1 Å². The van der Waals surface area contributed by atoms with Gasteiger partial charge in [-0.1, -0.05) is 11.6 Å². The molecule has 0 bridgehead atoms. The number of anilines is 3. The number of nitrogens with zero attached hydrogens (tertiary/aromatic N) is 4. The molecule has 0 radical (unpaired) electrons. The van der Waals surface area contributed by atoms with E-state index in [1.807, 2.05) is 6.07 Å². The molecular formula is C12H7ClN6S. The molecular weight excluding hydrogens is 296 g/mol. The summed E-state index contributed by atoms with van der Waals surface area (Å²) in [6.07, 6.45) is 1.47. The van der Waals surface area contributed by atoms with Gasteiger partial charge in [-0.25, -0.2) is 4.98 Å². The lowest BCUT2D eigenvalue weighted by atomic mass is 10.2. The van der Waals surface area contributed by atoms with Gasteiger partial charge < -0.3 is 11.1 Å². The van der Waals surface area contributed by atoms with E-state index in [0.717, 1.165) is 17.2 Å². The summed E-state index contributed by atoms with van der Waals surface area (Å²) in [6.45, 7) is 0. The van der Waals surface area contributed by atoms with Gasteiger partial charge in [0.2, 0.25) is 0 Å². The van der Waals surface area contributed by atoms with E-state index < -0.39 is 0 Å². The summed E-state index contributed by atoms with van der Waals surface area (Å²) in [5, 5.41) is 12.6. The lowest BCUT2D eigenvalue weighted by Crippen LogP contribution is -2.00. The minimum absolute atomic E-state index is 0.334. The van der Waals surface area contributed by atoms with Crippen LogP contribution in [0.4, 0.5) is 17.2 Å². The van der Waals surface area contributed by atoms with Gasteiger partial charge in [0, 0.05) is 0 Å². The van der Waals surface area contributed by atoms with E-state index in [9.17, 15) is 0 Å². The maximum atomic E-state index is 9.12. The van der Waals surface area contributed by atoms with Gasteiger partial charge in [0.05, 0.1) is 39.9 Å². The Morgan fingerprint density at radius 2 is 2.20 bits per heavy atom. The second kappa shape index (κ2) is 4.92. The Morgan fingerprint density at radius 1 is 1.35 bits per heavy atom. The molecule has 0 spiro atoms. The fourth-order valence-corrected chi connectivity index (χ4v) is 2.47. The molecule has 98 valence electrons. The molecule has 0 saturated heterocycles. The number of fused-ring (bicyclic) bond motifs is 1. The highest BCUT2D eigenvalue weighted by molar-refractivity contribution is 7.00. The summed E-state index contributed by atoms with van der Waals surface area (Å²) in [5.41, 5.74) is 8.32. The number of pyridine rings is 1. The second-order valence-electron chi connectivity index (χ2n) is 3.96. The molecule has 20 heavy (non-hydrogen) atoms. The fourth-order valence-electron chi connectivity index (χ4n) is 1.73. The largest absolute Gasteiger partial charge is 0.397 e. The summed E-state index contributed by atoms with van der Waals surface area (Å²) >= 11 is 7.27. The van der Waals surface area contributed by atoms with Gasteiger partial charge in [0.15, 0.2) is 0 Å². The maximum absolute atomic E-state index is 9.12. The van der Waals surface area contributed by atoms with Crippen molar-refractivity contribution in [2.24, 2.45) is 0 Å². The molecule has 0 atom stereocenters. The number of aromatic nitrogens is 3. The van der Waals surface area contributed by atoms with Crippen molar-refractivity contribution in [3.05, 3.63) is 35.0 Å². The summed E-state index contributed by atoms with van der Waals surface area (Å²) < 4.78 is 8.34. The first kappa shape index (κ1) is 12.6. The van der Waals surface area contributed by atoms with Crippen LogP contribution in [0.1, 0.15) is 5.56 Å². The minimum Gasteiger partial charge on any atom is -0.397 e. The third-order valence-corrected chi connectivity index (χ3v) is 3.51. The molecule has 3 aromatic rings. The van der Waals surface area contributed by atoms with Crippen molar-refractivity contribution < 1.29 is 0 Å². The van der Waals surface area contributed by atoms with Gasteiger partial charge in [-0.15, -0.1) is 0 Å². The lowest BCUT2D eigenvalue weighted by molar-refractivity contribution is 1.29. The van der Waals surface area contributed by atoms with Gasteiger partial charge in [0.1, 0.15) is 22.9 Å². The predicted molar refractivity (Wildman–Crippen MR) is 79.1 cm³/mol. The van der Waals surface area contributed by atoms with Crippen molar-refractivity contribution in [3.8, 4) is 6.07 Å². The van der Waals surface area contributed by atoms with Gasteiger partial charge in [-0.05, 0) is 18.2 Å². The van der Waals surface area contributed by atoms with E-state index in [2.05, 4.69) is 19.0 Å². The highest BCUT2D eigenvalue weighted by Crippen LogP contribution is 2.32. The van der Waals surface area contributed by atoms with Crippen LogP contribution in [-0.2, 0) is 0 Å². The Kier molecular flexibility index (Phi) is 3.10. The van der Waals surface area contributed by atoms with Crippen molar-refractivity contribution in [1.82, 2.24) is 13.7 Å². The van der Waals surface area contributed by atoms with E-state index in [-0.39, 0.29) is 0 Å². The molecule has 1 aromatic carbocycles. The Labute approximate surface area is 123 Å². The molecule has 2 aromatic heterocycles. The van der Waals surface area contributed by atoms with Crippen molar-refractivity contribution in [1.29, 1.82) is 5.26 Å². The highest BCUT2D eigenvalue weighted by atomic mass is 35.5. The Hall–Kier alpha value is -2.43. The number of hydrogen-bond acceptors (Lipinski definition) is 7. The van der Waals surface area contributed by atoms with Crippen molar-refractivity contribution >= 4 is 51.6 Å². The number of hydrogen-bond donors (Lipinski definition) is 2. The average Bonchev–Trinajstić information content (AvgIpc) is 2.92. The van der Waals surface area contributed by atoms with Crippen molar-refractivity contribution in [2.45, 2.75) is 0 Å². The zero-order valence-corrected chi connectivity index (χ0v) is 11.5. The van der Waals surface area contributed by atoms with E-state index >= 15 is 0 Å². The predicted octanol–water partition coefficient (Wildman–Crippen LogP) is 2.94. The standard InChI is InChI=1S/C12H7ClN6S/c13-8-1-2-9-11(19-20-18-9)10(8)17-12-6(4-14)3-7(15)5-16-12/h1-3,5H,15H2,(H,16,17). The lowest BCUT2D eigenvalue weighted by Gasteiger charge is -2.09. The van der Waals surface area contributed by atoms with Gasteiger partial charge in [-0.2, -0.15) is 14.0 Å². The molecule has 0 aliphatic heterocycles. The number of nitrogen functional groups attached to an aromatic ring is 1. The first-order valence-electron chi connectivity index (χ1n) is 5.52. The summed E-state index contributed by atoms with van der Waals surface area (Å²) in [5.74, 6) is 0.379. The van der Waals surface area contributed by atoms with Crippen molar-refractivity contribution in [3.63, 3.8) is 0 Å². The quantitative estimate of drug-likeness (QED) is 0.755. The van der Waals surface area contributed by atoms with Gasteiger partial charge in [-0.3, -0.25) is 0 Å². The molecule has 0 fully saturated rings. The molecule has 0 aliphatic carbocycles. The van der Waals surface area contributed by atoms with Crippen LogP contribution in [0.25, 0.3) is 11.0 Å². The van der Waals surface area contributed by atoms with E-state index in [1.165, 1.54) is 6.20 Å². The molecule has 0 amide bonds. The first-order chi connectivity index (χ1) is 9.69. The van der Waals surface area contributed by atoms with Crippen LogP contribution in [0, 0.1) is 11.3 Å². The molecule has 2 heterocycles. The number of benzene rings is 1. The van der Waals surface area contributed by atoms with Gasteiger partial charge in [0.25, 0.3) is 0 Å². The fraction of sp³-hybridized carbons (Fsp3) is 0. The summed E-state index contributed by atoms with van der Waals surface area (Å²) in [6, 6.07) is 7.09. The van der Waals surface area contributed by atoms with Crippen LogP contribution in [0.5, 0.6) is 0 Å². The molecule has 3 rings (SSSR count). The van der Waals surface area contributed by atoms with E-state index in [0.29, 0.717) is 33.3 Å². The average molecular weight is 303 g/mol. The Balaban J connectivity index is 2.12. The van der Waals surface area contributed by atoms with Gasteiger partial charge >= 0.3 is 0 Å². The zero-order valence-electron chi connectivity index (χ0n) is 9.96. The molecule has 8 heteroatoms. The number of nitrogens with two attached hydrogens (primary N) is 1. The molecule has 3 N–H and O–H groups in total. The van der Waals surface area contributed by atoms with Crippen LogP contribution in [0.3, 0.4) is 0 Å². The van der Waals surface area contributed by atoms with Crippen LogP contribution < -0.4 is 11.1 Å².